The minimum absolute atomic E-state index is 0.135. The number of ether oxygens (including phenoxy) is 2. The molecule has 0 saturated carbocycles. The molecule has 1 saturated heterocycles. The van der Waals surface area contributed by atoms with Crippen LogP contribution in [0.2, 0.25) is 0 Å². The number of hydrogen-bond donors (Lipinski definition) is 0. The summed E-state index contributed by atoms with van der Waals surface area (Å²) in [4.78, 5) is 26.1. The fraction of sp³-hybridized carbons (Fsp3) is 0.429. The highest BCUT2D eigenvalue weighted by Crippen LogP contribution is 2.23. The standard InChI is InChI=1S/C21H25NO4/c1-15-6-5-7-16(2)22(15)20(23)13-26-21(24)14-25-19-11-10-17-8-3-4-9-18(17)12-19/h3-4,8-12,15-16H,5-7,13-14H2,1-2H3/t15-,16-/m1/s1. The Labute approximate surface area is 153 Å². The molecule has 2 aromatic rings. The van der Waals surface area contributed by atoms with Gasteiger partial charge in [0.2, 0.25) is 0 Å². The summed E-state index contributed by atoms with van der Waals surface area (Å²) in [7, 11) is 0. The summed E-state index contributed by atoms with van der Waals surface area (Å²) in [5, 5.41) is 2.15. The van der Waals surface area contributed by atoms with Crippen LogP contribution in [0.1, 0.15) is 33.1 Å². The van der Waals surface area contributed by atoms with E-state index in [1.807, 2.05) is 61.2 Å². The van der Waals surface area contributed by atoms with E-state index < -0.39 is 5.97 Å². The van der Waals surface area contributed by atoms with Gasteiger partial charge in [-0.2, -0.15) is 0 Å². The van der Waals surface area contributed by atoms with Crippen molar-refractivity contribution in [1.29, 1.82) is 0 Å². The Morgan fingerprint density at radius 1 is 1.00 bits per heavy atom. The molecule has 1 heterocycles. The molecule has 5 heteroatoms. The Morgan fingerprint density at radius 2 is 1.69 bits per heavy atom. The van der Waals surface area contributed by atoms with Gasteiger partial charge < -0.3 is 14.4 Å². The molecular formula is C21H25NO4. The zero-order valence-electron chi connectivity index (χ0n) is 15.3. The topological polar surface area (TPSA) is 55.8 Å². The molecule has 138 valence electrons. The van der Waals surface area contributed by atoms with Crippen molar-refractivity contribution in [2.45, 2.75) is 45.2 Å². The molecule has 3 rings (SSSR count). The maximum atomic E-state index is 12.4. The van der Waals surface area contributed by atoms with E-state index in [-0.39, 0.29) is 31.2 Å². The fourth-order valence-electron chi connectivity index (χ4n) is 3.57. The van der Waals surface area contributed by atoms with E-state index in [2.05, 4.69) is 0 Å². The molecule has 1 aliphatic rings. The summed E-state index contributed by atoms with van der Waals surface area (Å²) in [5.74, 6) is -0.0715. The summed E-state index contributed by atoms with van der Waals surface area (Å²) >= 11 is 0. The van der Waals surface area contributed by atoms with E-state index in [9.17, 15) is 9.59 Å². The quantitative estimate of drug-likeness (QED) is 0.770. The van der Waals surface area contributed by atoms with Crippen LogP contribution in [0, 0.1) is 0 Å². The third kappa shape index (κ3) is 4.34. The van der Waals surface area contributed by atoms with Crippen molar-refractivity contribution in [1.82, 2.24) is 4.90 Å². The summed E-state index contributed by atoms with van der Waals surface area (Å²) in [6.07, 6.45) is 3.12. The molecule has 0 spiro atoms. The second-order valence-electron chi connectivity index (χ2n) is 6.89. The van der Waals surface area contributed by atoms with Gasteiger partial charge in [-0.25, -0.2) is 4.79 Å². The van der Waals surface area contributed by atoms with Crippen LogP contribution in [0.15, 0.2) is 42.5 Å². The van der Waals surface area contributed by atoms with Gasteiger partial charge in [0.15, 0.2) is 13.2 Å². The van der Waals surface area contributed by atoms with Crippen molar-refractivity contribution in [2.24, 2.45) is 0 Å². The monoisotopic (exact) mass is 355 g/mol. The van der Waals surface area contributed by atoms with Crippen molar-refractivity contribution in [3.05, 3.63) is 42.5 Å². The highest BCUT2D eigenvalue weighted by molar-refractivity contribution is 5.84. The van der Waals surface area contributed by atoms with Crippen LogP contribution in [0.5, 0.6) is 5.75 Å². The number of amides is 1. The molecular weight excluding hydrogens is 330 g/mol. The Balaban J connectivity index is 1.48. The number of benzene rings is 2. The highest BCUT2D eigenvalue weighted by Gasteiger charge is 2.29. The lowest BCUT2D eigenvalue weighted by Crippen LogP contribution is -2.49. The molecule has 0 N–H and O–H groups in total. The maximum absolute atomic E-state index is 12.4. The van der Waals surface area contributed by atoms with Crippen LogP contribution in [0.3, 0.4) is 0 Å². The van der Waals surface area contributed by atoms with Gasteiger partial charge in [0.25, 0.3) is 5.91 Å². The second-order valence-corrected chi connectivity index (χ2v) is 6.89. The van der Waals surface area contributed by atoms with E-state index in [1.165, 1.54) is 0 Å². The van der Waals surface area contributed by atoms with E-state index in [1.54, 1.807) is 0 Å². The van der Waals surface area contributed by atoms with Crippen LogP contribution >= 0.6 is 0 Å². The number of hydrogen-bond acceptors (Lipinski definition) is 4. The third-order valence-electron chi connectivity index (χ3n) is 4.92. The van der Waals surface area contributed by atoms with Crippen molar-refractivity contribution in [3.8, 4) is 5.75 Å². The summed E-state index contributed by atoms with van der Waals surface area (Å²) in [6.45, 7) is 3.64. The number of carbonyl (C=O) groups is 2. The van der Waals surface area contributed by atoms with Crippen LogP contribution in [0.4, 0.5) is 0 Å². The normalized spacial score (nSPS) is 20.0. The zero-order chi connectivity index (χ0) is 18.5. The Morgan fingerprint density at radius 3 is 2.42 bits per heavy atom. The number of fused-ring (bicyclic) bond motifs is 1. The molecule has 1 aliphatic heterocycles. The smallest absolute Gasteiger partial charge is 0.344 e. The minimum Gasteiger partial charge on any atom is -0.482 e. The first-order valence-electron chi connectivity index (χ1n) is 9.13. The lowest BCUT2D eigenvalue weighted by molar-refractivity contribution is -0.156. The van der Waals surface area contributed by atoms with Crippen LogP contribution in [-0.4, -0.2) is 42.1 Å². The number of nitrogens with zero attached hydrogens (tertiary/aromatic N) is 1. The van der Waals surface area contributed by atoms with Crippen LogP contribution in [-0.2, 0) is 14.3 Å². The second kappa shape index (κ2) is 8.21. The Kier molecular flexibility index (Phi) is 5.76. The number of carbonyl (C=O) groups excluding carboxylic acids is 2. The number of piperidine rings is 1. The van der Waals surface area contributed by atoms with Crippen molar-refractivity contribution in [3.63, 3.8) is 0 Å². The molecule has 2 aromatic carbocycles. The van der Waals surface area contributed by atoms with Gasteiger partial charge in [0.05, 0.1) is 0 Å². The predicted molar refractivity (Wildman–Crippen MR) is 100 cm³/mol. The SMILES string of the molecule is C[C@@H]1CCC[C@@H](C)N1C(=O)COC(=O)COc1ccc2ccccc2c1. The maximum Gasteiger partial charge on any atom is 0.344 e. The Hall–Kier alpha value is -2.56. The molecule has 2 atom stereocenters. The number of rotatable bonds is 5. The first kappa shape index (κ1) is 18.2. The van der Waals surface area contributed by atoms with Gasteiger partial charge in [-0.1, -0.05) is 30.3 Å². The molecule has 5 nitrogen and oxygen atoms in total. The minimum atomic E-state index is -0.538. The average molecular weight is 355 g/mol. The van der Waals surface area contributed by atoms with Gasteiger partial charge in [-0.05, 0) is 56.0 Å². The van der Waals surface area contributed by atoms with Gasteiger partial charge in [-0.3, -0.25) is 4.79 Å². The summed E-state index contributed by atoms with van der Waals surface area (Å²) < 4.78 is 10.6. The number of likely N-dealkylation sites (tertiary alicyclic amines) is 1. The molecule has 1 amide bonds. The van der Waals surface area contributed by atoms with E-state index >= 15 is 0 Å². The fourth-order valence-corrected chi connectivity index (χ4v) is 3.57. The summed E-state index contributed by atoms with van der Waals surface area (Å²) in [6, 6.07) is 14.0. The first-order chi connectivity index (χ1) is 12.5. The molecule has 0 radical (unpaired) electrons. The van der Waals surface area contributed by atoms with E-state index in [0.717, 1.165) is 30.0 Å². The Bertz CT molecular complexity index is 778. The zero-order valence-corrected chi connectivity index (χ0v) is 15.3. The van der Waals surface area contributed by atoms with Gasteiger partial charge in [0.1, 0.15) is 5.75 Å². The molecule has 0 unspecified atom stereocenters. The largest absolute Gasteiger partial charge is 0.482 e. The lowest BCUT2D eigenvalue weighted by Gasteiger charge is -2.38. The third-order valence-corrected chi connectivity index (χ3v) is 4.92. The van der Waals surface area contributed by atoms with Gasteiger partial charge in [-0.15, -0.1) is 0 Å². The summed E-state index contributed by atoms with van der Waals surface area (Å²) in [5.41, 5.74) is 0. The van der Waals surface area contributed by atoms with E-state index in [4.69, 9.17) is 9.47 Å². The van der Waals surface area contributed by atoms with Crippen LogP contribution in [0.25, 0.3) is 10.8 Å². The van der Waals surface area contributed by atoms with Gasteiger partial charge >= 0.3 is 5.97 Å². The van der Waals surface area contributed by atoms with E-state index in [0.29, 0.717) is 5.75 Å². The van der Waals surface area contributed by atoms with Crippen molar-refractivity contribution in [2.75, 3.05) is 13.2 Å². The van der Waals surface area contributed by atoms with Crippen molar-refractivity contribution >= 4 is 22.6 Å². The average Bonchev–Trinajstić information content (AvgIpc) is 2.64. The number of esters is 1. The molecule has 0 aliphatic carbocycles. The lowest BCUT2D eigenvalue weighted by atomic mass is 9.97. The molecule has 0 aromatic heterocycles. The molecule has 0 bridgehead atoms. The molecule has 26 heavy (non-hydrogen) atoms. The highest BCUT2D eigenvalue weighted by atomic mass is 16.6. The first-order valence-corrected chi connectivity index (χ1v) is 9.13. The van der Waals surface area contributed by atoms with Crippen molar-refractivity contribution < 1.29 is 19.1 Å². The van der Waals surface area contributed by atoms with Gasteiger partial charge in [0, 0.05) is 12.1 Å². The molecule has 1 fully saturated rings. The predicted octanol–water partition coefficient (Wildman–Crippen LogP) is 3.55. The van der Waals surface area contributed by atoms with Crippen LogP contribution < -0.4 is 4.74 Å².